The summed E-state index contributed by atoms with van der Waals surface area (Å²) in [6, 6.07) is 5.45. The van der Waals surface area contributed by atoms with Crippen molar-refractivity contribution in [2.75, 3.05) is 16.4 Å². The molecule has 0 aliphatic heterocycles. The van der Waals surface area contributed by atoms with E-state index in [9.17, 15) is 14.4 Å². The monoisotopic (exact) mass is 442 g/mol. The molecule has 1 saturated carbocycles. The van der Waals surface area contributed by atoms with Crippen LogP contribution in [0.15, 0.2) is 28.2 Å². The molecule has 1 aliphatic rings. The number of amides is 2. The van der Waals surface area contributed by atoms with Gasteiger partial charge in [0.1, 0.15) is 0 Å². The van der Waals surface area contributed by atoms with Crippen molar-refractivity contribution in [2.24, 2.45) is 5.92 Å². The summed E-state index contributed by atoms with van der Waals surface area (Å²) in [4.78, 5) is 43.9. The lowest BCUT2D eigenvalue weighted by Crippen LogP contribution is -2.25. The van der Waals surface area contributed by atoms with Crippen molar-refractivity contribution in [1.29, 1.82) is 0 Å². The zero-order chi connectivity index (χ0) is 22.4. The number of aryl methyl sites for hydroxylation is 2. The number of hydrogen-bond acceptors (Lipinski definition) is 5. The summed E-state index contributed by atoms with van der Waals surface area (Å²) in [6.45, 7) is 5.62. The van der Waals surface area contributed by atoms with Gasteiger partial charge in [-0.1, -0.05) is 37.9 Å². The van der Waals surface area contributed by atoms with Crippen molar-refractivity contribution in [3.63, 3.8) is 0 Å². The van der Waals surface area contributed by atoms with E-state index in [0.717, 1.165) is 36.9 Å². The van der Waals surface area contributed by atoms with Crippen LogP contribution in [0.5, 0.6) is 0 Å². The molecule has 1 heterocycles. The number of nitrogens with one attached hydrogen (secondary N) is 3. The van der Waals surface area contributed by atoms with Gasteiger partial charge in [0.15, 0.2) is 5.16 Å². The average molecular weight is 443 g/mol. The topological polar surface area (TPSA) is 104 Å². The van der Waals surface area contributed by atoms with E-state index in [0.29, 0.717) is 28.5 Å². The summed E-state index contributed by atoms with van der Waals surface area (Å²) < 4.78 is 0. The standard InChI is InChI=1S/C23H30N4O3S/c1-4-18-15(3)24-23(27-22(18)30)31-13-20(28)25-17-10-11-19(14(2)12-17)26-21(29)16-8-6-5-7-9-16/h10-12,16H,4-9,13H2,1-3H3,(H,25,28)(H,26,29)(H,24,27,30). The molecule has 31 heavy (non-hydrogen) atoms. The Balaban J connectivity index is 1.55. The van der Waals surface area contributed by atoms with Gasteiger partial charge in [0, 0.05) is 28.6 Å². The lowest BCUT2D eigenvalue weighted by Gasteiger charge is -2.21. The molecule has 0 radical (unpaired) electrons. The molecule has 1 aromatic heterocycles. The normalized spacial score (nSPS) is 14.3. The molecule has 3 rings (SSSR count). The molecular weight excluding hydrogens is 412 g/mol. The number of anilines is 2. The second kappa shape index (κ2) is 10.6. The molecule has 8 heteroatoms. The SMILES string of the molecule is CCc1c(C)nc(SCC(=O)Nc2ccc(NC(=O)C3CCCCC3)c(C)c2)[nH]c1=O. The summed E-state index contributed by atoms with van der Waals surface area (Å²) in [6.07, 6.45) is 5.98. The molecule has 0 unspecified atom stereocenters. The highest BCUT2D eigenvalue weighted by atomic mass is 32.2. The number of thioether (sulfide) groups is 1. The third-order valence-corrected chi connectivity index (χ3v) is 6.51. The second-order valence-electron chi connectivity index (χ2n) is 7.98. The maximum atomic E-state index is 12.5. The van der Waals surface area contributed by atoms with Gasteiger partial charge in [-0.05, 0) is 56.9 Å². The molecule has 2 aromatic rings. The Morgan fingerprint density at radius 1 is 1.16 bits per heavy atom. The lowest BCUT2D eigenvalue weighted by atomic mass is 9.88. The first-order valence-electron chi connectivity index (χ1n) is 10.8. The Bertz CT molecular complexity index is 1010. The zero-order valence-electron chi connectivity index (χ0n) is 18.3. The number of aromatic nitrogens is 2. The quantitative estimate of drug-likeness (QED) is 0.440. The molecule has 0 atom stereocenters. The van der Waals surface area contributed by atoms with Crippen molar-refractivity contribution < 1.29 is 9.59 Å². The van der Waals surface area contributed by atoms with E-state index in [2.05, 4.69) is 20.6 Å². The first-order valence-corrected chi connectivity index (χ1v) is 11.8. The van der Waals surface area contributed by atoms with Crippen LogP contribution in [-0.2, 0) is 16.0 Å². The number of rotatable bonds is 7. The van der Waals surface area contributed by atoms with E-state index in [4.69, 9.17) is 0 Å². The van der Waals surface area contributed by atoms with E-state index < -0.39 is 0 Å². The van der Waals surface area contributed by atoms with Crippen molar-refractivity contribution >= 4 is 35.0 Å². The molecule has 2 amide bonds. The fourth-order valence-corrected chi connectivity index (χ4v) is 4.59. The Hall–Kier alpha value is -2.61. The van der Waals surface area contributed by atoms with Crippen LogP contribution >= 0.6 is 11.8 Å². The molecule has 1 aromatic carbocycles. The van der Waals surface area contributed by atoms with Gasteiger partial charge < -0.3 is 15.6 Å². The van der Waals surface area contributed by atoms with Gasteiger partial charge in [0.25, 0.3) is 5.56 Å². The predicted octanol–water partition coefficient (Wildman–Crippen LogP) is 4.20. The number of nitrogens with zero attached hydrogens (tertiary/aromatic N) is 1. The Kier molecular flexibility index (Phi) is 7.90. The van der Waals surface area contributed by atoms with Crippen molar-refractivity contribution in [1.82, 2.24) is 9.97 Å². The van der Waals surface area contributed by atoms with Crippen LogP contribution in [0.1, 0.15) is 55.8 Å². The minimum absolute atomic E-state index is 0.0851. The van der Waals surface area contributed by atoms with E-state index in [-0.39, 0.29) is 29.0 Å². The van der Waals surface area contributed by atoms with E-state index in [1.54, 1.807) is 13.0 Å². The highest BCUT2D eigenvalue weighted by Gasteiger charge is 2.21. The van der Waals surface area contributed by atoms with Crippen LogP contribution in [0.2, 0.25) is 0 Å². The van der Waals surface area contributed by atoms with E-state index in [1.165, 1.54) is 18.2 Å². The van der Waals surface area contributed by atoms with Gasteiger partial charge in [0.2, 0.25) is 11.8 Å². The molecule has 166 valence electrons. The molecular formula is C23H30N4O3S. The van der Waals surface area contributed by atoms with Crippen LogP contribution < -0.4 is 16.2 Å². The lowest BCUT2D eigenvalue weighted by molar-refractivity contribution is -0.120. The van der Waals surface area contributed by atoms with Gasteiger partial charge in [0.05, 0.1) is 5.75 Å². The Morgan fingerprint density at radius 2 is 1.90 bits per heavy atom. The first-order chi connectivity index (χ1) is 14.9. The predicted molar refractivity (Wildman–Crippen MR) is 125 cm³/mol. The molecule has 1 aliphatic carbocycles. The molecule has 0 spiro atoms. The highest BCUT2D eigenvalue weighted by Crippen LogP contribution is 2.26. The zero-order valence-corrected chi connectivity index (χ0v) is 19.2. The molecule has 0 bridgehead atoms. The van der Waals surface area contributed by atoms with Crippen molar-refractivity contribution in [2.45, 2.75) is 64.5 Å². The number of aromatic amines is 1. The summed E-state index contributed by atoms with van der Waals surface area (Å²) >= 11 is 1.19. The van der Waals surface area contributed by atoms with E-state index >= 15 is 0 Å². The fourth-order valence-electron chi connectivity index (χ4n) is 3.88. The van der Waals surface area contributed by atoms with Crippen LogP contribution in [0.25, 0.3) is 0 Å². The van der Waals surface area contributed by atoms with Crippen molar-refractivity contribution in [3.8, 4) is 0 Å². The average Bonchev–Trinajstić information content (AvgIpc) is 2.74. The van der Waals surface area contributed by atoms with Crippen LogP contribution in [0.4, 0.5) is 11.4 Å². The summed E-state index contributed by atoms with van der Waals surface area (Å²) in [5.41, 5.74) is 3.54. The number of carbonyl (C=O) groups excluding carboxylic acids is 2. The summed E-state index contributed by atoms with van der Waals surface area (Å²) in [5, 5.41) is 6.32. The Labute approximate surface area is 186 Å². The van der Waals surface area contributed by atoms with Crippen LogP contribution in [0.3, 0.4) is 0 Å². The van der Waals surface area contributed by atoms with Gasteiger partial charge in [-0.25, -0.2) is 4.98 Å². The highest BCUT2D eigenvalue weighted by molar-refractivity contribution is 7.99. The number of carbonyl (C=O) groups is 2. The smallest absolute Gasteiger partial charge is 0.254 e. The summed E-state index contributed by atoms with van der Waals surface area (Å²) in [5.74, 6) is 0.123. The third kappa shape index (κ3) is 6.19. The maximum absolute atomic E-state index is 12.5. The largest absolute Gasteiger partial charge is 0.326 e. The third-order valence-electron chi connectivity index (χ3n) is 5.64. The first kappa shape index (κ1) is 23.1. The molecule has 1 fully saturated rings. The van der Waals surface area contributed by atoms with Gasteiger partial charge >= 0.3 is 0 Å². The van der Waals surface area contributed by atoms with E-state index in [1.807, 2.05) is 26.0 Å². The molecule has 0 saturated heterocycles. The minimum atomic E-state index is -0.191. The Morgan fingerprint density at radius 3 is 2.55 bits per heavy atom. The maximum Gasteiger partial charge on any atom is 0.254 e. The van der Waals surface area contributed by atoms with Crippen molar-refractivity contribution in [3.05, 3.63) is 45.4 Å². The number of hydrogen-bond donors (Lipinski definition) is 3. The van der Waals surface area contributed by atoms with Gasteiger partial charge in [-0.2, -0.15) is 0 Å². The fraction of sp³-hybridized carbons (Fsp3) is 0.478. The number of benzene rings is 1. The van der Waals surface area contributed by atoms with Gasteiger partial charge in [-0.3, -0.25) is 14.4 Å². The van der Waals surface area contributed by atoms with Crippen LogP contribution in [0, 0.1) is 19.8 Å². The summed E-state index contributed by atoms with van der Waals surface area (Å²) in [7, 11) is 0. The second-order valence-corrected chi connectivity index (χ2v) is 8.94. The molecule has 3 N–H and O–H groups in total. The minimum Gasteiger partial charge on any atom is -0.326 e. The molecule has 7 nitrogen and oxygen atoms in total. The number of H-pyrrole nitrogens is 1. The van der Waals surface area contributed by atoms with Gasteiger partial charge in [-0.15, -0.1) is 0 Å². The van der Waals surface area contributed by atoms with Crippen LogP contribution in [-0.4, -0.2) is 27.5 Å².